The second kappa shape index (κ2) is 3.14. The van der Waals surface area contributed by atoms with E-state index < -0.39 is 17.8 Å². The monoisotopic (exact) mass is 162 g/mol. The number of hydrogen-bond donors (Lipinski definition) is 4. The highest BCUT2D eigenvalue weighted by atomic mass is 16.6. The first-order chi connectivity index (χ1) is 4.80. The summed E-state index contributed by atoms with van der Waals surface area (Å²) in [4.78, 5) is 0. The Morgan fingerprint density at radius 3 is 2.09 bits per heavy atom. The van der Waals surface area contributed by atoms with Gasteiger partial charge in [0.2, 0.25) is 6.41 Å². The van der Waals surface area contributed by atoms with Crippen LogP contribution >= 0.6 is 0 Å². The minimum atomic E-state index is -2.14. The molecule has 11 heavy (non-hydrogen) atoms. The standard InChI is InChI=1S/C5H12N3O3/c1-5(2,3(6)7)8(11)4(9)10/h4,9-10H,1-2H3,(H3,6,7). The molecule has 0 aliphatic carbocycles. The van der Waals surface area contributed by atoms with E-state index in [1.54, 1.807) is 0 Å². The Kier molecular flexibility index (Phi) is 2.94. The molecule has 0 fully saturated rings. The van der Waals surface area contributed by atoms with E-state index in [4.69, 9.17) is 21.4 Å². The van der Waals surface area contributed by atoms with Gasteiger partial charge in [0.1, 0.15) is 11.4 Å². The van der Waals surface area contributed by atoms with Crippen LogP contribution in [0.1, 0.15) is 13.8 Å². The van der Waals surface area contributed by atoms with Crippen molar-refractivity contribution < 1.29 is 15.4 Å². The van der Waals surface area contributed by atoms with Crippen LogP contribution in [0.25, 0.3) is 0 Å². The average Bonchev–Trinajstić information content (AvgIpc) is 1.85. The number of hydrogen-bond acceptors (Lipinski definition) is 4. The molecule has 0 saturated carbocycles. The van der Waals surface area contributed by atoms with E-state index in [-0.39, 0.29) is 5.06 Å². The Bertz CT molecular complexity index is 157. The lowest BCUT2D eigenvalue weighted by Crippen LogP contribution is -2.54. The van der Waals surface area contributed by atoms with Crippen LogP contribution in [-0.4, -0.2) is 33.1 Å². The van der Waals surface area contributed by atoms with E-state index in [2.05, 4.69) is 0 Å². The number of amidine groups is 1. The number of hydroxylamine groups is 2. The van der Waals surface area contributed by atoms with Crippen LogP contribution in [-0.2, 0) is 5.21 Å². The summed E-state index contributed by atoms with van der Waals surface area (Å²) in [5, 5.41) is 34.5. The fourth-order valence-electron chi connectivity index (χ4n) is 0.407. The SMILES string of the molecule is CC(C)(C(=N)N)N([O])C(O)O. The maximum absolute atomic E-state index is 10.8. The van der Waals surface area contributed by atoms with Gasteiger partial charge < -0.3 is 15.9 Å². The van der Waals surface area contributed by atoms with Crippen LogP contribution in [0, 0.1) is 5.41 Å². The Morgan fingerprint density at radius 2 is 2.00 bits per heavy atom. The van der Waals surface area contributed by atoms with Crippen molar-refractivity contribution in [3.63, 3.8) is 0 Å². The van der Waals surface area contributed by atoms with Crippen molar-refractivity contribution in [2.45, 2.75) is 25.8 Å². The molecule has 0 aromatic rings. The van der Waals surface area contributed by atoms with Gasteiger partial charge in [-0.15, -0.1) is 5.21 Å². The first kappa shape index (κ1) is 10.3. The molecule has 6 heteroatoms. The summed E-state index contributed by atoms with van der Waals surface area (Å²) in [7, 11) is 0. The van der Waals surface area contributed by atoms with Crippen LogP contribution in [0.15, 0.2) is 0 Å². The molecule has 0 aliphatic rings. The summed E-state index contributed by atoms with van der Waals surface area (Å²) in [5.74, 6) is -0.416. The molecule has 6 nitrogen and oxygen atoms in total. The molecular weight excluding hydrogens is 150 g/mol. The summed E-state index contributed by atoms with van der Waals surface area (Å²) in [6.07, 6.45) is -2.14. The minimum Gasteiger partial charge on any atom is -0.386 e. The van der Waals surface area contributed by atoms with Crippen molar-refractivity contribution in [3.8, 4) is 0 Å². The molecule has 0 aromatic heterocycles. The Morgan fingerprint density at radius 1 is 1.64 bits per heavy atom. The highest BCUT2D eigenvalue weighted by Gasteiger charge is 2.34. The predicted molar refractivity (Wildman–Crippen MR) is 36.7 cm³/mol. The van der Waals surface area contributed by atoms with Crippen molar-refractivity contribution in [1.82, 2.24) is 5.06 Å². The minimum absolute atomic E-state index is 0.0602. The molecule has 65 valence electrons. The molecule has 0 rings (SSSR count). The van der Waals surface area contributed by atoms with E-state index in [0.717, 1.165) is 0 Å². The van der Waals surface area contributed by atoms with Gasteiger partial charge in [-0.3, -0.25) is 5.41 Å². The third-order valence-corrected chi connectivity index (χ3v) is 1.42. The number of nitrogens with zero attached hydrogens (tertiary/aromatic N) is 1. The molecular formula is C5H12N3O3. The number of rotatable bonds is 3. The Balaban J connectivity index is 4.42. The first-order valence-corrected chi connectivity index (χ1v) is 2.97. The van der Waals surface area contributed by atoms with Crippen molar-refractivity contribution in [3.05, 3.63) is 0 Å². The van der Waals surface area contributed by atoms with Crippen molar-refractivity contribution >= 4 is 5.84 Å². The third kappa shape index (κ3) is 2.12. The van der Waals surface area contributed by atoms with Crippen molar-refractivity contribution in [1.29, 1.82) is 5.41 Å². The third-order valence-electron chi connectivity index (χ3n) is 1.42. The zero-order chi connectivity index (χ0) is 9.23. The lowest BCUT2D eigenvalue weighted by Gasteiger charge is -2.30. The Hall–Kier alpha value is -0.690. The first-order valence-electron chi connectivity index (χ1n) is 2.97. The molecule has 0 spiro atoms. The summed E-state index contributed by atoms with van der Waals surface area (Å²) < 4.78 is 0. The van der Waals surface area contributed by atoms with Crippen LogP contribution in [0.4, 0.5) is 0 Å². The Labute approximate surface area is 64.3 Å². The number of aliphatic hydroxyl groups excluding tert-OH is 1. The number of nitrogens with two attached hydrogens (primary N) is 1. The molecule has 5 N–H and O–H groups in total. The van der Waals surface area contributed by atoms with Gasteiger partial charge >= 0.3 is 0 Å². The molecule has 0 heterocycles. The summed E-state index contributed by atoms with van der Waals surface area (Å²) in [6.45, 7) is 2.64. The summed E-state index contributed by atoms with van der Waals surface area (Å²) >= 11 is 0. The van der Waals surface area contributed by atoms with Crippen LogP contribution < -0.4 is 5.73 Å². The van der Waals surface area contributed by atoms with Crippen LogP contribution in [0.2, 0.25) is 0 Å². The summed E-state index contributed by atoms with van der Waals surface area (Å²) in [6, 6.07) is 0. The van der Waals surface area contributed by atoms with E-state index in [9.17, 15) is 5.21 Å². The van der Waals surface area contributed by atoms with Gasteiger partial charge in [0.15, 0.2) is 0 Å². The maximum atomic E-state index is 10.8. The van der Waals surface area contributed by atoms with Gasteiger partial charge in [-0.1, -0.05) is 5.06 Å². The number of aliphatic hydroxyl groups is 2. The van der Waals surface area contributed by atoms with Crippen LogP contribution in [0.3, 0.4) is 0 Å². The number of nitrogens with one attached hydrogen (secondary N) is 1. The molecule has 0 unspecified atom stereocenters. The van der Waals surface area contributed by atoms with Crippen molar-refractivity contribution in [2.75, 3.05) is 0 Å². The molecule has 1 radical (unpaired) electrons. The normalized spacial score (nSPS) is 12.6. The molecule has 0 aliphatic heterocycles. The maximum Gasteiger partial charge on any atom is 0.239 e. The lowest BCUT2D eigenvalue weighted by molar-refractivity contribution is -0.339. The van der Waals surface area contributed by atoms with Crippen molar-refractivity contribution in [2.24, 2.45) is 5.73 Å². The topological polar surface area (TPSA) is 113 Å². The van der Waals surface area contributed by atoms with Crippen LogP contribution in [0.5, 0.6) is 0 Å². The highest BCUT2D eigenvalue weighted by Crippen LogP contribution is 2.12. The lowest BCUT2D eigenvalue weighted by atomic mass is 10.0. The smallest absolute Gasteiger partial charge is 0.239 e. The van der Waals surface area contributed by atoms with E-state index >= 15 is 0 Å². The molecule has 0 bridgehead atoms. The predicted octanol–water partition coefficient (Wildman–Crippen LogP) is -1.38. The van der Waals surface area contributed by atoms with Gasteiger partial charge in [0.05, 0.1) is 0 Å². The van der Waals surface area contributed by atoms with E-state index in [1.165, 1.54) is 13.8 Å². The molecule has 0 atom stereocenters. The van der Waals surface area contributed by atoms with Gasteiger partial charge in [0, 0.05) is 0 Å². The second-order valence-electron chi connectivity index (χ2n) is 2.64. The molecule has 0 saturated heterocycles. The highest BCUT2D eigenvalue weighted by molar-refractivity contribution is 5.86. The second-order valence-corrected chi connectivity index (χ2v) is 2.64. The van der Waals surface area contributed by atoms with Gasteiger partial charge in [-0.2, -0.15) is 0 Å². The zero-order valence-corrected chi connectivity index (χ0v) is 6.40. The largest absolute Gasteiger partial charge is 0.386 e. The fraction of sp³-hybridized carbons (Fsp3) is 0.800. The molecule has 0 amide bonds. The molecule has 0 aromatic carbocycles. The quantitative estimate of drug-likeness (QED) is 0.177. The van der Waals surface area contributed by atoms with E-state index in [0.29, 0.717) is 0 Å². The van der Waals surface area contributed by atoms with Gasteiger partial charge in [0.25, 0.3) is 0 Å². The zero-order valence-electron chi connectivity index (χ0n) is 6.40. The van der Waals surface area contributed by atoms with Gasteiger partial charge in [-0.05, 0) is 13.8 Å². The van der Waals surface area contributed by atoms with Gasteiger partial charge in [-0.25, -0.2) is 0 Å². The summed E-state index contributed by atoms with van der Waals surface area (Å²) in [5.41, 5.74) is 3.65. The average molecular weight is 162 g/mol. The fourth-order valence-corrected chi connectivity index (χ4v) is 0.407. The van der Waals surface area contributed by atoms with E-state index in [1.807, 2.05) is 0 Å².